The summed E-state index contributed by atoms with van der Waals surface area (Å²) in [5, 5.41) is 31.3. The summed E-state index contributed by atoms with van der Waals surface area (Å²) in [6.45, 7) is 17.2. The number of hydrogen-bond donors (Lipinski definition) is 3. The van der Waals surface area contributed by atoms with E-state index in [0.29, 0.717) is 30.0 Å². The van der Waals surface area contributed by atoms with Crippen LogP contribution in [0.25, 0.3) is 0 Å². The van der Waals surface area contributed by atoms with Gasteiger partial charge < -0.3 is 15.3 Å². The second-order valence-corrected chi connectivity index (χ2v) is 14.5. The van der Waals surface area contributed by atoms with Crippen molar-refractivity contribution in [1.82, 2.24) is 0 Å². The predicted octanol–water partition coefficient (Wildman–Crippen LogP) is 5.68. The molecule has 0 radical (unpaired) electrons. The maximum absolute atomic E-state index is 12.8. The first-order valence-electron chi connectivity index (χ1n) is 13.8. The van der Waals surface area contributed by atoms with Crippen LogP contribution in [0.4, 0.5) is 0 Å². The minimum absolute atomic E-state index is 0.147. The van der Waals surface area contributed by atoms with E-state index >= 15 is 0 Å². The largest absolute Gasteiger partial charge is 0.390 e. The summed E-state index contributed by atoms with van der Waals surface area (Å²) in [7, 11) is 0. The number of rotatable bonds is 5. The van der Waals surface area contributed by atoms with Crippen molar-refractivity contribution in [3.63, 3.8) is 0 Å². The van der Waals surface area contributed by atoms with Crippen LogP contribution in [0.5, 0.6) is 0 Å². The molecule has 0 aromatic rings. The standard InChI is InChI=1S/C30H50O4/c1-18(17-22(31)25(33)27(4,5)34)19-11-15-30(8)21-9-10-23-26(2,3)24(32)13-14-28(23,6)20(21)12-16-29(19,30)7/h9,18-20,22-23,25,31,33-34H,10-17H2,1-8H3/t18?,19?,20?,22?,23?,25?,28-,29+,30-/m1/s1. The van der Waals surface area contributed by atoms with Gasteiger partial charge in [0.05, 0.1) is 11.7 Å². The highest BCUT2D eigenvalue weighted by atomic mass is 16.4. The van der Waals surface area contributed by atoms with Crippen LogP contribution in [0.2, 0.25) is 0 Å². The molecule has 34 heavy (non-hydrogen) atoms. The molecule has 4 aliphatic rings. The Morgan fingerprint density at radius 1 is 1.06 bits per heavy atom. The molecule has 0 aromatic carbocycles. The second-order valence-electron chi connectivity index (χ2n) is 14.5. The lowest BCUT2D eigenvalue weighted by Crippen LogP contribution is -2.57. The van der Waals surface area contributed by atoms with Crippen LogP contribution in [-0.2, 0) is 4.79 Å². The van der Waals surface area contributed by atoms with Crippen molar-refractivity contribution in [2.24, 2.45) is 45.3 Å². The van der Waals surface area contributed by atoms with Gasteiger partial charge in [-0.2, -0.15) is 0 Å². The van der Waals surface area contributed by atoms with Gasteiger partial charge in [-0.3, -0.25) is 4.79 Å². The van der Waals surface area contributed by atoms with E-state index < -0.39 is 17.8 Å². The summed E-state index contributed by atoms with van der Waals surface area (Å²) in [6.07, 6.45) is 8.46. The van der Waals surface area contributed by atoms with Crippen LogP contribution in [0.3, 0.4) is 0 Å². The van der Waals surface area contributed by atoms with Gasteiger partial charge in [-0.15, -0.1) is 0 Å². The van der Waals surface area contributed by atoms with Gasteiger partial charge in [0, 0.05) is 11.8 Å². The number of carbonyl (C=O) groups excluding carboxylic acids is 1. The van der Waals surface area contributed by atoms with E-state index in [4.69, 9.17) is 0 Å². The molecule has 6 unspecified atom stereocenters. The van der Waals surface area contributed by atoms with E-state index in [1.54, 1.807) is 19.4 Å². The van der Waals surface area contributed by atoms with Crippen molar-refractivity contribution in [2.75, 3.05) is 0 Å². The van der Waals surface area contributed by atoms with Crippen molar-refractivity contribution in [3.05, 3.63) is 11.6 Å². The Labute approximate surface area is 207 Å². The molecule has 3 saturated carbocycles. The summed E-state index contributed by atoms with van der Waals surface area (Å²) < 4.78 is 0. The zero-order valence-corrected chi connectivity index (χ0v) is 22.9. The zero-order valence-electron chi connectivity index (χ0n) is 22.9. The molecular weight excluding hydrogens is 424 g/mol. The van der Waals surface area contributed by atoms with Crippen LogP contribution < -0.4 is 0 Å². The Morgan fingerprint density at radius 2 is 1.71 bits per heavy atom. The van der Waals surface area contributed by atoms with Crippen LogP contribution >= 0.6 is 0 Å². The fraction of sp³-hybridized carbons (Fsp3) is 0.900. The Morgan fingerprint density at radius 3 is 2.32 bits per heavy atom. The van der Waals surface area contributed by atoms with E-state index in [1.807, 2.05) is 0 Å². The third-order valence-electron chi connectivity index (χ3n) is 12.0. The average Bonchev–Trinajstić information content (AvgIpc) is 3.01. The van der Waals surface area contributed by atoms with Gasteiger partial charge in [0.1, 0.15) is 11.9 Å². The number of ketones is 1. The molecule has 3 fully saturated rings. The quantitative estimate of drug-likeness (QED) is 0.448. The van der Waals surface area contributed by atoms with Crippen molar-refractivity contribution < 1.29 is 20.1 Å². The normalized spacial score (nSPS) is 44.4. The van der Waals surface area contributed by atoms with Gasteiger partial charge in [0.2, 0.25) is 0 Å². The third-order valence-corrected chi connectivity index (χ3v) is 12.0. The number of aliphatic hydroxyl groups excluding tert-OH is 2. The molecule has 4 heteroatoms. The molecule has 0 aromatic heterocycles. The highest BCUT2D eigenvalue weighted by Crippen LogP contribution is 2.73. The van der Waals surface area contributed by atoms with E-state index in [9.17, 15) is 20.1 Å². The lowest BCUT2D eigenvalue weighted by Gasteiger charge is -2.63. The Hall–Kier alpha value is -0.710. The average molecular weight is 475 g/mol. The second kappa shape index (κ2) is 8.15. The molecule has 4 rings (SSSR count). The van der Waals surface area contributed by atoms with Crippen LogP contribution in [0, 0.1) is 45.3 Å². The van der Waals surface area contributed by atoms with Crippen LogP contribution in [0.1, 0.15) is 107 Å². The molecular formula is C30H50O4. The van der Waals surface area contributed by atoms with Gasteiger partial charge >= 0.3 is 0 Å². The fourth-order valence-corrected chi connectivity index (χ4v) is 9.61. The third kappa shape index (κ3) is 3.60. The SMILES string of the molecule is CC(CC(O)C(O)C(C)(C)O)C1CC[C@]2(C)C3=CCC4C(C)(C)C(=O)CC[C@]4(C)C3CC[C@@]12C. The lowest BCUT2D eigenvalue weighted by molar-refractivity contribution is -0.146. The van der Waals surface area contributed by atoms with Gasteiger partial charge in [0.15, 0.2) is 0 Å². The molecule has 4 nitrogen and oxygen atoms in total. The monoisotopic (exact) mass is 474 g/mol. The molecule has 0 bridgehead atoms. The van der Waals surface area contributed by atoms with E-state index in [2.05, 4.69) is 47.6 Å². The lowest BCUT2D eigenvalue weighted by atomic mass is 9.41. The summed E-state index contributed by atoms with van der Waals surface area (Å²) >= 11 is 0. The number of fused-ring (bicyclic) bond motifs is 5. The van der Waals surface area contributed by atoms with Gasteiger partial charge in [-0.1, -0.05) is 53.2 Å². The summed E-state index contributed by atoms with van der Waals surface area (Å²) in [4.78, 5) is 12.8. The molecule has 4 aliphatic carbocycles. The fourth-order valence-electron chi connectivity index (χ4n) is 9.61. The summed E-state index contributed by atoms with van der Waals surface area (Å²) in [5.74, 6) is 2.19. The maximum Gasteiger partial charge on any atom is 0.138 e. The molecule has 0 heterocycles. The topological polar surface area (TPSA) is 77.8 Å². The van der Waals surface area contributed by atoms with Crippen molar-refractivity contribution >= 4 is 5.78 Å². The molecule has 194 valence electrons. The van der Waals surface area contributed by atoms with Gasteiger partial charge in [-0.05, 0) is 98.7 Å². The van der Waals surface area contributed by atoms with Gasteiger partial charge in [-0.25, -0.2) is 0 Å². The number of allylic oxidation sites excluding steroid dienone is 2. The van der Waals surface area contributed by atoms with E-state index in [-0.39, 0.29) is 27.6 Å². The highest BCUT2D eigenvalue weighted by Gasteiger charge is 2.65. The number of carbonyl (C=O) groups is 1. The molecule has 3 N–H and O–H groups in total. The van der Waals surface area contributed by atoms with Gasteiger partial charge in [0.25, 0.3) is 0 Å². The van der Waals surface area contributed by atoms with Crippen LogP contribution in [-0.4, -0.2) is 38.9 Å². The minimum Gasteiger partial charge on any atom is -0.390 e. The first kappa shape index (κ1) is 26.4. The molecule has 0 spiro atoms. The van der Waals surface area contributed by atoms with Crippen molar-refractivity contribution in [1.29, 1.82) is 0 Å². The summed E-state index contributed by atoms with van der Waals surface area (Å²) in [5.41, 5.74) is 0.630. The molecule has 0 amide bonds. The van der Waals surface area contributed by atoms with E-state index in [1.165, 1.54) is 19.3 Å². The first-order chi connectivity index (χ1) is 15.5. The highest BCUT2D eigenvalue weighted by molar-refractivity contribution is 5.85. The van der Waals surface area contributed by atoms with Crippen molar-refractivity contribution in [2.45, 2.75) is 125 Å². The Bertz CT molecular complexity index is 852. The number of Topliss-reactive ketones (excluding diaryl/α,β-unsaturated/α-hetero) is 1. The molecule has 0 aliphatic heterocycles. The maximum atomic E-state index is 12.8. The minimum atomic E-state index is -1.31. The smallest absolute Gasteiger partial charge is 0.138 e. The Kier molecular flexibility index (Phi) is 6.32. The summed E-state index contributed by atoms with van der Waals surface area (Å²) in [6, 6.07) is 0. The van der Waals surface area contributed by atoms with E-state index in [0.717, 1.165) is 25.7 Å². The molecule has 0 saturated heterocycles. The first-order valence-corrected chi connectivity index (χ1v) is 13.8. The number of hydrogen-bond acceptors (Lipinski definition) is 4. The van der Waals surface area contributed by atoms with Crippen molar-refractivity contribution in [3.8, 4) is 0 Å². The Balaban J connectivity index is 1.60. The number of aliphatic hydroxyl groups is 3. The predicted molar refractivity (Wildman–Crippen MR) is 136 cm³/mol. The molecule has 9 atom stereocenters. The zero-order chi connectivity index (χ0) is 25.5. The van der Waals surface area contributed by atoms with Crippen LogP contribution in [0.15, 0.2) is 11.6 Å².